The number of hydrogen-bond acceptors (Lipinski definition) is 4. The molecule has 1 N–H and O–H groups in total. The Labute approximate surface area is 158 Å². The van der Waals surface area contributed by atoms with E-state index in [0.29, 0.717) is 13.1 Å². The van der Waals surface area contributed by atoms with Gasteiger partial charge in [0.15, 0.2) is 0 Å². The van der Waals surface area contributed by atoms with Crippen molar-refractivity contribution in [2.45, 2.75) is 30.8 Å². The third-order valence-electron chi connectivity index (χ3n) is 4.37. The van der Waals surface area contributed by atoms with Crippen molar-refractivity contribution in [1.82, 2.24) is 9.79 Å². The molecule has 0 atom stereocenters. The van der Waals surface area contributed by atoms with Gasteiger partial charge in [-0.25, -0.2) is 18.3 Å². The van der Waals surface area contributed by atoms with Crippen molar-refractivity contribution in [3.05, 3.63) is 65.5 Å². The molecule has 2 aromatic carbocycles. The van der Waals surface area contributed by atoms with Crippen LogP contribution in [-0.2, 0) is 21.5 Å². The van der Waals surface area contributed by atoms with Crippen molar-refractivity contribution in [3.8, 4) is 0 Å². The lowest BCUT2D eigenvalue weighted by atomic mass is 10.2. The number of nitrogens with one attached hydrogen (secondary N) is 1. The second-order valence-electron chi connectivity index (χ2n) is 6.32. The zero-order valence-corrected chi connectivity index (χ0v) is 15.5. The highest BCUT2D eigenvalue weighted by Crippen LogP contribution is 2.24. The van der Waals surface area contributed by atoms with Crippen LogP contribution in [0.2, 0.25) is 0 Å². The molecule has 8 heteroatoms. The Morgan fingerprint density at radius 3 is 2.48 bits per heavy atom. The summed E-state index contributed by atoms with van der Waals surface area (Å²) in [5, 5.41) is 0. The van der Waals surface area contributed by atoms with E-state index in [0.717, 1.165) is 37.0 Å². The van der Waals surface area contributed by atoms with Crippen molar-refractivity contribution in [3.63, 3.8) is 0 Å². The average Bonchev–Trinajstić information content (AvgIpc) is 2.69. The molecule has 3 rings (SSSR count). The van der Waals surface area contributed by atoms with Crippen LogP contribution in [0.5, 0.6) is 0 Å². The summed E-state index contributed by atoms with van der Waals surface area (Å²) in [6.45, 7) is 0.878. The van der Waals surface area contributed by atoms with E-state index in [-0.39, 0.29) is 12.2 Å². The minimum atomic E-state index is -3.97. The van der Waals surface area contributed by atoms with Gasteiger partial charge >= 0.3 is 0 Å². The Hall–Kier alpha value is -2.29. The maximum atomic E-state index is 14.2. The van der Waals surface area contributed by atoms with E-state index >= 15 is 0 Å². The van der Waals surface area contributed by atoms with Crippen LogP contribution in [0, 0.1) is 5.82 Å². The first-order valence-corrected chi connectivity index (χ1v) is 10.2. The van der Waals surface area contributed by atoms with Gasteiger partial charge in [0.25, 0.3) is 5.91 Å². The lowest BCUT2D eigenvalue weighted by Crippen LogP contribution is -2.36. The lowest BCUT2D eigenvalue weighted by Gasteiger charge is -2.26. The third-order valence-corrected chi connectivity index (χ3v) is 6.29. The average molecular weight is 392 g/mol. The van der Waals surface area contributed by atoms with E-state index in [1.165, 1.54) is 10.4 Å². The maximum absolute atomic E-state index is 14.2. The molecular formula is C19H21FN2O4S. The number of benzene rings is 2. The summed E-state index contributed by atoms with van der Waals surface area (Å²) in [6.07, 6.45) is 2.44. The topological polar surface area (TPSA) is 75.7 Å². The normalized spacial score (nSPS) is 15.4. The van der Waals surface area contributed by atoms with E-state index in [9.17, 15) is 17.6 Å². The third kappa shape index (κ3) is 4.71. The minimum absolute atomic E-state index is 0.0139. The van der Waals surface area contributed by atoms with Crippen LogP contribution in [0.25, 0.3) is 0 Å². The largest absolute Gasteiger partial charge is 0.274 e. The van der Waals surface area contributed by atoms with Crippen LogP contribution in [0.3, 0.4) is 0 Å². The minimum Gasteiger partial charge on any atom is -0.269 e. The second kappa shape index (κ2) is 8.60. The fourth-order valence-electron chi connectivity index (χ4n) is 2.90. The number of carbonyl (C=O) groups is 1. The van der Waals surface area contributed by atoms with Crippen LogP contribution >= 0.6 is 0 Å². The molecule has 1 amide bonds. The summed E-state index contributed by atoms with van der Waals surface area (Å²) >= 11 is 0. The molecule has 0 bridgehead atoms. The Balaban J connectivity index is 1.71. The van der Waals surface area contributed by atoms with Crippen molar-refractivity contribution >= 4 is 15.9 Å². The van der Waals surface area contributed by atoms with Gasteiger partial charge < -0.3 is 0 Å². The summed E-state index contributed by atoms with van der Waals surface area (Å²) in [5.74, 6) is -1.51. The number of amides is 1. The van der Waals surface area contributed by atoms with Gasteiger partial charge in [0.05, 0.1) is 6.61 Å². The lowest BCUT2D eigenvalue weighted by molar-refractivity contribution is 0.0233. The van der Waals surface area contributed by atoms with E-state index in [1.54, 1.807) is 0 Å². The number of sulfonamides is 1. The summed E-state index contributed by atoms with van der Waals surface area (Å²) < 4.78 is 40.9. The Morgan fingerprint density at radius 1 is 1.07 bits per heavy atom. The highest BCUT2D eigenvalue weighted by atomic mass is 32.2. The van der Waals surface area contributed by atoms with Crippen molar-refractivity contribution < 1.29 is 22.4 Å². The molecule has 27 heavy (non-hydrogen) atoms. The molecule has 1 heterocycles. The summed E-state index contributed by atoms with van der Waals surface area (Å²) in [4.78, 5) is 16.9. The molecule has 0 saturated carbocycles. The van der Waals surface area contributed by atoms with E-state index in [2.05, 4.69) is 5.48 Å². The quantitative estimate of drug-likeness (QED) is 0.767. The predicted octanol–water partition coefficient (Wildman–Crippen LogP) is 2.86. The highest BCUT2D eigenvalue weighted by molar-refractivity contribution is 7.89. The Morgan fingerprint density at radius 2 is 1.78 bits per heavy atom. The molecule has 6 nitrogen and oxygen atoms in total. The molecule has 144 valence electrons. The molecule has 1 aliphatic rings. The smallest absolute Gasteiger partial charge is 0.269 e. The summed E-state index contributed by atoms with van der Waals surface area (Å²) in [5.41, 5.74) is 3.14. The van der Waals surface area contributed by atoms with Gasteiger partial charge in [-0.3, -0.25) is 9.63 Å². The summed E-state index contributed by atoms with van der Waals surface area (Å²) in [7, 11) is -3.97. The van der Waals surface area contributed by atoms with Crippen LogP contribution in [0.1, 0.15) is 35.2 Å². The van der Waals surface area contributed by atoms with Crippen LogP contribution in [0.15, 0.2) is 53.4 Å². The monoisotopic (exact) mass is 392 g/mol. The van der Waals surface area contributed by atoms with Gasteiger partial charge in [-0.2, -0.15) is 4.31 Å². The van der Waals surface area contributed by atoms with Crippen LogP contribution < -0.4 is 5.48 Å². The molecular weight excluding hydrogens is 371 g/mol. The molecule has 1 fully saturated rings. The molecule has 1 aliphatic heterocycles. The Bertz CT molecular complexity index is 897. The van der Waals surface area contributed by atoms with Gasteiger partial charge in [0.1, 0.15) is 10.7 Å². The number of halogens is 1. The van der Waals surface area contributed by atoms with Crippen LogP contribution in [0.4, 0.5) is 4.39 Å². The number of hydroxylamine groups is 1. The first-order chi connectivity index (χ1) is 13.0. The second-order valence-corrected chi connectivity index (χ2v) is 8.22. The van der Waals surface area contributed by atoms with E-state index in [1.807, 2.05) is 30.3 Å². The number of nitrogens with zero attached hydrogens (tertiary/aromatic N) is 1. The molecule has 0 spiro atoms. The van der Waals surface area contributed by atoms with Crippen LogP contribution in [-0.4, -0.2) is 31.7 Å². The fraction of sp³-hybridized carbons (Fsp3) is 0.316. The molecule has 0 aromatic heterocycles. The zero-order chi connectivity index (χ0) is 19.3. The number of rotatable bonds is 6. The SMILES string of the molecule is O=C(NOCc1ccccc1)c1ccc(F)c(S(=O)(=O)N2CCCCC2)c1. The fourth-order valence-corrected chi connectivity index (χ4v) is 4.51. The standard InChI is InChI=1S/C19H21FN2O4S/c20-17-10-9-16(19(23)21-26-14-15-7-3-1-4-8-15)13-18(17)27(24,25)22-11-5-2-6-12-22/h1,3-4,7-10,13H,2,5-6,11-12,14H2,(H,21,23). The predicted molar refractivity (Wildman–Crippen MR) is 97.7 cm³/mol. The maximum Gasteiger partial charge on any atom is 0.274 e. The van der Waals surface area contributed by atoms with Gasteiger partial charge in [-0.1, -0.05) is 36.8 Å². The molecule has 0 unspecified atom stereocenters. The summed E-state index contributed by atoms with van der Waals surface area (Å²) in [6, 6.07) is 12.5. The Kier molecular flexibility index (Phi) is 6.20. The molecule has 0 aliphatic carbocycles. The number of piperidine rings is 1. The van der Waals surface area contributed by atoms with Gasteiger partial charge in [0, 0.05) is 18.7 Å². The first-order valence-electron chi connectivity index (χ1n) is 8.74. The van der Waals surface area contributed by atoms with E-state index < -0.39 is 26.6 Å². The molecule has 1 saturated heterocycles. The van der Waals surface area contributed by atoms with Gasteiger partial charge in [-0.15, -0.1) is 0 Å². The molecule has 0 radical (unpaired) electrons. The van der Waals surface area contributed by atoms with Gasteiger partial charge in [-0.05, 0) is 36.6 Å². The number of carbonyl (C=O) groups excluding carboxylic acids is 1. The first kappa shape index (κ1) is 19.5. The van der Waals surface area contributed by atoms with E-state index in [4.69, 9.17) is 4.84 Å². The van der Waals surface area contributed by atoms with Gasteiger partial charge in [0.2, 0.25) is 10.0 Å². The van der Waals surface area contributed by atoms with Crippen molar-refractivity contribution in [1.29, 1.82) is 0 Å². The van der Waals surface area contributed by atoms with Crippen molar-refractivity contribution in [2.24, 2.45) is 0 Å². The molecule has 2 aromatic rings. The zero-order valence-electron chi connectivity index (χ0n) is 14.7. The van der Waals surface area contributed by atoms with Crippen molar-refractivity contribution in [2.75, 3.05) is 13.1 Å². The highest BCUT2D eigenvalue weighted by Gasteiger charge is 2.29. The number of hydrogen-bond donors (Lipinski definition) is 1.